The minimum atomic E-state index is 0.0931. The highest BCUT2D eigenvalue weighted by Crippen LogP contribution is 2.34. The van der Waals surface area contributed by atoms with Crippen LogP contribution in [-0.2, 0) is 6.54 Å². The topological polar surface area (TPSA) is 24.9 Å². The van der Waals surface area contributed by atoms with Crippen LogP contribution in [0.15, 0.2) is 55.4 Å². The minimum absolute atomic E-state index is 0.0931. The fraction of sp³-hybridized carbons (Fsp3) is 0.312. The zero-order valence-corrected chi connectivity index (χ0v) is 16.3. The maximum absolute atomic E-state index is 4.43. The fourth-order valence-corrected chi connectivity index (χ4v) is 3.49. The van der Waals surface area contributed by atoms with Crippen LogP contribution < -0.4 is 5.32 Å². The standard InChI is InChI=1S/C16H18Br2N2S/c1-16(2,3)20-10-11-9-12(17)6-7-14(11)21-15-13(18)5-4-8-19-15/h4-9,20H,10H2,1-3H3. The number of nitrogens with zero attached hydrogens (tertiary/aromatic N) is 1. The van der Waals surface area contributed by atoms with E-state index < -0.39 is 0 Å². The second-order valence-electron chi connectivity index (χ2n) is 5.75. The van der Waals surface area contributed by atoms with Crippen LogP contribution in [0.5, 0.6) is 0 Å². The lowest BCUT2D eigenvalue weighted by molar-refractivity contribution is 0.422. The fourth-order valence-electron chi connectivity index (χ4n) is 1.70. The van der Waals surface area contributed by atoms with Crippen molar-refractivity contribution in [3.05, 3.63) is 51.0 Å². The molecule has 0 aliphatic carbocycles. The smallest absolute Gasteiger partial charge is 0.115 e. The van der Waals surface area contributed by atoms with Gasteiger partial charge in [-0.05, 0) is 72.6 Å². The van der Waals surface area contributed by atoms with Gasteiger partial charge in [-0.25, -0.2) is 4.98 Å². The molecule has 0 aliphatic heterocycles. The molecule has 0 atom stereocenters. The Morgan fingerprint density at radius 2 is 1.95 bits per heavy atom. The molecular weight excluding hydrogens is 412 g/mol. The Hall–Kier alpha value is -0.360. The third-order valence-electron chi connectivity index (χ3n) is 2.76. The summed E-state index contributed by atoms with van der Waals surface area (Å²) in [6.45, 7) is 7.35. The van der Waals surface area contributed by atoms with E-state index in [0.29, 0.717) is 0 Å². The van der Waals surface area contributed by atoms with Crippen molar-refractivity contribution in [1.29, 1.82) is 0 Å². The molecule has 21 heavy (non-hydrogen) atoms. The van der Waals surface area contributed by atoms with Crippen LogP contribution in [0.2, 0.25) is 0 Å². The molecule has 1 aromatic heterocycles. The average molecular weight is 430 g/mol. The third kappa shape index (κ3) is 5.40. The molecule has 2 rings (SSSR count). The normalized spacial score (nSPS) is 11.7. The predicted octanol–water partition coefficient (Wildman–Crippen LogP) is 5.65. The van der Waals surface area contributed by atoms with E-state index >= 15 is 0 Å². The first kappa shape index (κ1) is 17.0. The molecule has 0 radical (unpaired) electrons. The Bertz CT molecular complexity index is 624. The lowest BCUT2D eigenvalue weighted by Gasteiger charge is -2.21. The molecule has 1 heterocycles. The first-order valence-corrected chi connectivity index (χ1v) is 9.07. The number of rotatable bonds is 4. The highest BCUT2D eigenvalue weighted by molar-refractivity contribution is 9.10. The molecule has 5 heteroatoms. The van der Waals surface area contributed by atoms with Crippen LogP contribution in [0.3, 0.4) is 0 Å². The van der Waals surface area contributed by atoms with E-state index in [1.807, 2.05) is 18.3 Å². The van der Waals surface area contributed by atoms with Gasteiger partial charge in [0.05, 0.1) is 4.47 Å². The van der Waals surface area contributed by atoms with E-state index in [0.717, 1.165) is 20.5 Å². The molecule has 0 fully saturated rings. The Morgan fingerprint density at radius 1 is 1.19 bits per heavy atom. The van der Waals surface area contributed by atoms with Crippen molar-refractivity contribution >= 4 is 43.6 Å². The van der Waals surface area contributed by atoms with E-state index in [-0.39, 0.29) is 5.54 Å². The van der Waals surface area contributed by atoms with E-state index in [2.05, 4.69) is 81.1 Å². The molecule has 0 bridgehead atoms. The van der Waals surface area contributed by atoms with Gasteiger partial charge in [0.25, 0.3) is 0 Å². The van der Waals surface area contributed by atoms with Crippen molar-refractivity contribution in [2.75, 3.05) is 0 Å². The number of aromatic nitrogens is 1. The number of benzene rings is 1. The summed E-state index contributed by atoms with van der Waals surface area (Å²) in [5.74, 6) is 0. The van der Waals surface area contributed by atoms with Gasteiger partial charge in [0.1, 0.15) is 5.03 Å². The highest BCUT2D eigenvalue weighted by Gasteiger charge is 2.12. The van der Waals surface area contributed by atoms with Crippen molar-refractivity contribution in [2.24, 2.45) is 0 Å². The molecule has 0 saturated carbocycles. The van der Waals surface area contributed by atoms with Gasteiger partial charge in [0.2, 0.25) is 0 Å². The number of hydrogen-bond acceptors (Lipinski definition) is 3. The second kappa shape index (κ2) is 7.27. The zero-order chi connectivity index (χ0) is 15.5. The average Bonchev–Trinajstić information content (AvgIpc) is 2.40. The first-order valence-electron chi connectivity index (χ1n) is 6.67. The number of pyridine rings is 1. The summed E-state index contributed by atoms with van der Waals surface area (Å²) in [7, 11) is 0. The molecule has 1 aromatic carbocycles. The quantitative estimate of drug-likeness (QED) is 0.679. The van der Waals surface area contributed by atoms with Crippen molar-refractivity contribution in [3.8, 4) is 0 Å². The maximum atomic E-state index is 4.43. The molecule has 0 saturated heterocycles. The third-order valence-corrected chi connectivity index (χ3v) is 5.30. The summed E-state index contributed by atoms with van der Waals surface area (Å²) >= 11 is 8.79. The molecule has 0 amide bonds. The van der Waals surface area contributed by atoms with Gasteiger partial charge in [-0.15, -0.1) is 0 Å². The molecule has 0 unspecified atom stereocenters. The molecule has 1 N–H and O–H groups in total. The van der Waals surface area contributed by atoms with Crippen molar-refractivity contribution in [3.63, 3.8) is 0 Å². The van der Waals surface area contributed by atoms with Crippen LogP contribution in [-0.4, -0.2) is 10.5 Å². The minimum Gasteiger partial charge on any atom is -0.308 e. The van der Waals surface area contributed by atoms with Gasteiger partial charge in [-0.3, -0.25) is 0 Å². The second-order valence-corrected chi connectivity index (χ2v) is 8.55. The van der Waals surface area contributed by atoms with Crippen molar-refractivity contribution < 1.29 is 0 Å². The van der Waals surface area contributed by atoms with E-state index in [4.69, 9.17) is 0 Å². The Morgan fingerprint density at radius 3 is 2.62 bits per heavy atom. The summed E-state index contributed by atoms with van der Waals surface area (Å²) < 4.78 is 2.12. The predicted molar refractivity (Wildman–Crippen MR) is 96.8 cm³/mol. The van der Waals surface area contributed by atoms with Crippen LogP contribution in [0.1, 0.15) is 26.3 Å². The number of nitrogens with one attached hydrogen (secondary N) is 1. The SMILES string of the molecule is CC(C)(C)NCc1cc(Br)ccc1Sc1ncccc1Br. The van der Waals surface area contributed by atoms with E-state index in [9.17, 15) is 0 Å². The number of hydrogen-bond donors (Lipinski definition) is 1. The van der Waals surface area contributed by atoms with Crippen molar-refractivity contribution in [1.82, 2.24) is 10.3 Å². The van der Waals surface area contributed by atoms with E-state index in [1.165, 1.54) is 10.5 Å². The Labute approximate surface area is 147 Å². The summed E-state index contributed by atoms with van der Waals surface area (Å²) in [5, 5.41) is 4.52. The monoisotopic (exact) mass is 428 g/mol. The Balaban J connectivity index is 2.25. The molecule has 2 nitrogen and oxygen atoms in total. The van der Waals surface area contributed by atoms with Gasteiger partial charge in [-0.1, -0.05) is 27.7 Å². The molecule has 112 valence electrons. The molecule has 0 spiro atoms. The Kier molecular flexibility index (Phi) is 5.88. The lowest BCUT2D eigenvalue weighted by atomic mass is 10.1. The van der Waals surface area contributed by atoms with Gasteiger partial charge in [-0.2, -0.15) is 0 Å². The largest absolute Gasteiger partial charge is 0.308 e. The van der Waals surface area contributed by atoms with Gasteiger partial charge in [0.15, 0.2) is 0 Å². The van der Waals surface area contributed by atoms with Gasteiger partial charge < -0.3 is 5.32 Å². The van der Waals surface area contributed by atoms with Crippen LogP contribution in [0.4, 0.5) is 0 Å². The summed E-state index contributed by atoms with van der Waals surface area (Å²) in [6.07, 6.45) is 1.82. The summed E-state index contributed by atoms with van der Waals surface area (Å²) in [6, 6.07) is 10.3. The van der Waals surface area contributed by atoms with E-state index in [1.54, 1.807) is 11.8 Å². The molecule has 2 aromatic rings. The summed E-state index contributed by atoms with van der Waals surface area (Å²) in [4.78, 5) is 5.65. The van der Waals surface area contributed by atoms with Gasteiger partial charge in [0, 0.05) is 27.6 Å². The van der Waals surface area contributed by atoms with Crippen LogP contribution in [0.25, 0.3) is 0 Å². The lowest BCUT2D eigenvalue weighted by Crippen LogP contribution is -2.35. The zero-order valence-electron chi connectivity index (χ0n) is 12.3. The van der Waals surface area contributed by atoms with Crippen LogP contribution >= 0.6 is 43.6 Å². The molecular formula is C16H18Br2N2S. The molecule has 0 aliphatic rings. The first-order chi connectivity index (χ1) is 9.85. The van der Waals surface area contributed by atoms with Gasteiger partial charge >= 0.3 is 0 Å². The summed E-state index contributed by atoms with van der Waals surface area (Å²) in [5.41, 5.74) is 1.36. The van der Waals surface area contributed by atoms with Crippen molar-refractivity contribution in [2.45, 2.75) is 42.8 Å². The number of halogens is 2. The van der Waals surface area contributed by atoms with Crippen LogP contribution in [0, 0.1) is 0 Å². The maximum Gasteiger partial charge on any atom is 0.115 e. The highest BCUT2D eigenvalue weighted by atomic mass is 79.9.